The minimum atomic E-state index is -0.166. The number of nitrogens with zero attached hydrogens (tertiary/aromatic N) is 3. The summed E-state index contributed by atoms with van der Waals surface area (Å²) in [6.07, 6.45) is 6.49. The molecular weight excluding hydrogens is 478 g/mol. The van der Waals surface area contributed by atoms with E-state index in [2.05, 4.69) is 41.9 Å². The summed E-state index contributed by atoms with van der Waals surface area (Å²) in [5.74, 6) is -0.166. The summed E-state index contributed by atoms with van der Waals surface area (Å²) in [4.78, 5) is 24.1. The Bertz CT molecular complexity index is 1610. The lowest BCUT2D eigenvalue weighted by molar-refractivity contribution is 0.102. The van der Waals surface area contributed by atoms with Gasteiger partial charge in [0.15, 0.2) is 0 Å². The van der Waals surface area contributed by atoms with Crippen LogP contribution in [-0.2, 0) is 5.41 Å². The van der Waals surface area contributed by atoms with Gasteiger partial charge in [-0.15, -0.1) is 11.3 Å². The zero-order valence-corrected chi connectivity index (χ0v) is 21.8. The number of pyridine rings is 1. The number of nitrogen functional groups attached to an aromatic ring is 1. The van der Waals surface area contributed by atoms with E-state index in [0.717, 1.165) is 53.4 Å². The van der Waals surface area contributed by atoms with Gasteiger partial charge in [-0.25, -0.2) is 9.97 Å². The fraction of sp³-hybridized carbons (Fsp3) is 0.233. The van der Waals surface area contributed by atoms with Crippen molar-refractivity contribution in [3.05, 3.63) is 99.6 Å². The van der Waals surface area contributed by atoms with Gasteiger partial charge in [0.1, 0.15) is 16.3 Å². The van der Waals surface area contributed by atoms with Gasteiger partial charge in [0.25, 0.3) is 5.91 Å². The van der Waals surface area contributed by atoms with Gasteiger partial charge in [-0.05, 0) is 68.7 Å². The van der Waals surface area contributed by atoms with Crippen molar-refractivity contribution in [3.63, 3.8) is 0 Å². The van der Waals surface area contributed by atoms with Crippen molar-refractivity contribution in [3.8, 4) is 11.4 Å². The predicted octanol–water partition coefficient (Wildman–Crippen LogP) is 6.77. The van der Waals surface area contributed by atoms with Gasteiger partial charge in [0, 0.05) is 22.1 Å². The Morgan fingerprint density at radius 2 is 1.70 bits per heavy atom. The standard InChI is InChI=1S/C30H29N5OS/c1-19-27(35-18-8-5-11-25(35)32-19)26-20(2)37-29(34-26)30(16-6-7-17-30)22-14-12-21(13-15-22)28(36)33-24-10-4-3-9-23(24)31/h3-5,8-15,18H,6-7,16-17,31H2,1-2H3,(H,33,36). The molecule has 1 amide bonds. The van der Waals surface area contributed by atoms with Gasteiger partial charge >= 0.3 is 0 Å². The number of carbonyl (C=O) groups excluding carboxylic acids is 1. The van der Waals surface area contributed by atoms with Crippen LogP contribution in [0.2, 0.25) is 0 Å². The van der Waals surface area contributed by atoms with Crippen molar-refractivity contribution < 1.29 is 4.79 Å². The predicted molar refractivity (Wildman–Crippen MR) is 150 cm³/mol. The molecule has 0 radical (unpaired) electrons. The summed E-state index contributed by atoms with van der Waals surface area (Å²) in [6, 6.07) is 21.4. The van der Waals surface area contributed by atoms with E-state index in [0.29, 0.717) is 16.9 Å². The molecule has 0 saturated heterocycles. The lowest BCUT2D eigenvalue weighted by Crippen LogP contribution is -2.24. The zero-order chi connectivity index (χ0) is 25.6. The molecule has 3 N–H and O–H groups in total. The van der Waals surface area contributed by atoms with Gasteiger partial charge in [-0.2, -0.15) is 0 Å². The molecule has 186 valence electrons. The number of aromatic nitrogens is 3. The number of carbonyl (C=O) groups is 1. The summed E-state index contributed by atoms with van der Waals surface area (Å²) in [5, 5.41) is 4.07. The highest BCUT2D eigenvalue weighted by atomic mass is 32.1. The van der Waals surface area contributed by atoms with E-state index >= 15 is 0 Å². The minimum Gasteiger partial charge on any atom is -0.397 e. The van der Waals surface area contributed by atoms with Crippen molar-refractivity contribution in [2.24, 2.45) is 0 Å². The van der Waals surface area contributed by atoms with Crippen LogP contribution in [0, 0.1) is 13.8 Å². The molecule has 1 saturated carbocycles. The van der Waals surface area contributed by atoms with Crippen LogP contribution in [0.1, 0.15) is 57.2 Å². The topological polar surface area (TPSA) is 85.3 Å². The molecule has 7 heteroatoms. The molecule has 6 rings (SSSR count). The Hall–Kier alpha value is -3.97. The van der Waals surface area contributed by atoms with E-state index in [1.54, 1.807) is 17.4 Å². The number of nitrogens with one attached hydrogen (secondary N) is 1. The molecule has 3 aromatic heterocycles. The third-order valence-electron chi connectivity index (χ3n) is 7.50. The Morgan fingerprint density at radius 3 is 2.46 bits per heavy atom. The smallest absolute Gasteiger partial charge is 0.255 e. The van der Waals surface area contributed by atoms with E-state index in [9.17, 15) is 4.79 Å². The monoisotopic (exact) mass is 507 g/mol. The third kappa shape index (κ3) is 4.00. The number of imidazole rings is 1. The van der Waals surface area contributed by atoms with Crippen LogP contribution < -0.4 is 11.1 Å². The van der Waals surface area contributed by atoms with Crippen LogP contribution in [0.25, 0.3) is 17.0 Å². The molecule has 0 aliphatic heterocycles. The Morgan fingerprint density at radius 1 is 0.973 bits per heavy atom. The van der Waals surface area contributed by atoms with Gasteiger partial charge in [0.2, 0.25) is 0 Å². The Balaban J connectivity index is 1.35. The largest absolute Gasteiger partial charge is 0.397 e. The van der Waals surface area contributed by atoms with Crippen molar-refractivity contribution >= 4 is 34.3 Å². The van der Waals surface area contributed by atoms with E-state index < -0.39 is 0 Å². The number of benzene rings is 2. The summed E-state index contributed by atoms with van der Waals surface area (Å²) in [5.41, 5.74) is 12.9. The first-order valence-electron chi connectivity index (χ1n) is 12.6. The molecule has 2 aromatic carbocycles. The highest BCUT2D eigenvalue weighted by Crippen LogP contribution is 2.49. The van der Waals surface area contributed by atoms with Crippen molar-refractivity contribution in [2.75, 3.05) is 11.1 Å². The fourth-order valence-corrected chi connectivity index (χ4v) is 6.75. The number of aryl methyl sites for hydroxylation is 2. The second kappa shape index (κ2) is 9.16. The molecule has 1 aliphatic carbocycles. The summed E-state index contributed by atoms with van der Waals surface area (Å²) in [7, 11) is 0. The maximum absolute atomic E-state index is 12.9. The maximum Gasteiger partial charge on any atom is 0.255 e. The Kier molecular flexibility index (Phi) is 5.80. The first-order valence-corrected chi connectivity index (χ1v) is 13.5. The van der Waals surface area contributed by atoms with E-state index in [1.807, 2.05) is 48.5 Å². The molecule has 5 aromatic rings. The number of hydrogen-bond donors (Lipinski definition) is 2. The number of nitrogens with two attached hydrogens (primary N) is 1. The molecule has 6 nitrogen and oxygen atoms in total. The Labute approximate surface area is 220 Å². The van der Waals surface area contributed by atoms with Gasteiger partial charge in [-0.3, -0.25) is 9.20 Å². The molecule has 0 unspecified atom stereocenters. The molecule has 3 heterocycles. The molecule has 0 bridgehead atoms. The quantitative estimate of drug-likeness (QED) is 0.257. The maximum atomic E-state index is 12.9. The average molecular weight is 508 g/mol. The average Bonchev–Trinajstić information content (AvgIpc) is 3.62. The normalized spacial score (nSPS) is 14.8. The number of para-hydroxylation sites is 2. The SMILES string of the molecule is Cc1nc2ccccn2c1-c1nc(C2(c3ccc(C(=O)Nc4ccccc4N)cc3)CCCC2)sc1C. The molecule has 1 fully saturated rings. The number of rotatable bonds is 5. The minimum absolute atomic E-state index is 0.138. The highest BCUT2D eigenvalue weighted by molar-refractivity contribution is 7.12. The number of anilines is 2. The van der Waals surface area contributed by atoms with Crippen LogP contribution in [0.15, 0.2) is 72.9 Å². The third-order valence-corrected chi connectivity index (χ3v) is 8.68. The molecule has 1 aliphatic rings. The number of hydrogen-bond acceptors (Lipinski definition) is 5. The van der Waals surface area contributed by atoms with Gasteiger partial charge in [0.05, 0.1) is 22.8 Å². The zero-order valence-electron chi connectivity index (χ0n) is 21.0. The molecular formula is C30H29N5OS. The van der Waals surface area contributed by atoms with Crippen LogP contribution in [0.4, 0.5) is 11.4 Å². The second-order valence-electron chi connectivity index (χ2n) is 9.81. The van der Waals surface area contributed by atoms with Crippen LogP contribution >= 0.6 is 11.3 Å². The van der Waals surface area contributed by atoms with Gasteiger partial charge < -0.3 is 11.1 Å². The van der Waals surface area contributed by atoms with Crippen LogP contribution in [0.3, 0.4) is 0 Å². The summed E-state index contributed by atoms with van der Waals surface area (Å²) in [6.45, 7) is 4.21. The van der Waals surface area contributed by atoms with Crippen molar-refractivity contribution in [1.29, 1.82) is 0 Å². The second-order valence-corrected chi connectivity index (χ2v) is 11.0. The first-order chi connectivity index (χ1) is 18.0. The summed E-state index contributed by atoms with van der Waals surface area (Å²) >= 11 is 1.79. The summed E-state index contributed by atoms with van der Waals surface area (Å²) < 4.78 is 2.13. The van der Waals surface area contributed by atoms with Gasteiger partial charge in [-0.1, -0.05) is 43.2 Å². The number of amides is 1. The lowest BCUT2D eigenvalue weighted by atomic mass is 9.79. The van der Waals surface area contributed by atoms with Crippen molar-refractivity contribution in [1.82, 2.24) is 14.4 Å². The lowest BCUT2D eigenvalue weighted by Gasteiger charge is -2.27. The van der Waals surface area contributed by atoms with E-state index in [-0.39, 0.29) is 11.3 Å². The number of thiazole rings is 1. The molecule has 0 spiro atoms. The van der Waals surface area contributed by atoms with Crippen LogP contribution in [-0.4, -0.2) is 20.3 Å². The van der Waals surface area contributed by atoms with E-state index in [1.165, 1.54) is 10.4 Å². The van der Waals surface area contributed by atoms with Crippen molar-refractivity contribution in [2.45, 2.75) is 44.9 Å². The molecule has 37 heavy (non-hydrogen) atoms. The number of fused-ring (bicyclic) bond motifs is 1. The molecule has 0 atom stereocenters. The van der Waals surface area contributed by atoms with E-state index in [4.69, 9.17) is 15.7 Å². The van der Waals surface area contributed by atoms with Crippen LogP contribution in [0.5, 0.6) is 0 Å². The first kappa shape index (κ1) is 23.4. The fourth-order valence-electron chi connectivity index (χ4n) is 5.57. The highest BCUT2D eigenvalue weighted by Gasteiger charge is 2.41.